The van der Waals surface area contributed by atoms with Gasteiger partial charge in [0.25, 0.3) is 5.91 Å². The summed E-state index contributed by atoms with van der Waals surface area (Å²) in [5, 5.41) is 4.17. The lowest BCUT2D eigenvalue weighted by atomic mass is 9.94. The highest BCUT2D eigenvalue weighted by Gasteiger charge is 2.27. The molecule has 0 unspecified atom stereocenters. The van der Waals surface area contributed by atoms with Crippen LogP contribution < -0.4 is 5.32 Å². The molecule has 0 spiro atoms. The molecule has 1 N–H and O–H groups in total. The molecule has 2 heterocycles. The van der Waals surface area contributed by atoms with Crippen LogP contribution in [0.5, 0.6) is 0 Å². The molecule has 30 heavy (non-hydrogen) atoms. The minimum atomic E-state index is 0.0610. The summed E-state index contributed by atoms with van der Waals surface area (Å²) in [5.74, 6) is 1.28. The number of halogens is 1. The molecule has 1 amide bonds. The number of rotatable bonds is 4. The number of nitrogens with zero attached hydrogens (tertiary/aromatic N) is 2. The van der Waals surface area contributed by atoms with Gasteiger partial charge in [0.15, 0.2) is 12.0 Å². The van der Waals surface area contributed by atoms with Crippen molar-refractivity contribution in [1.82, 2.24) is 4.90 Å². The van der Waals surface area contributed by atoms with Gasteiger partial charge < -0.3 is 14.6 Å². The summed E-state index contributed by atoms with van der Waals surface area (Å²) in [6, 6.07) is 15.0. The number of amides is 1. The molecule has 0 bridgehead atoms. The Morgan fingerprint density at radius 1 is 1.20 bits per heavy atom. The van der Waals surface area contributed by atoms with Crippen LogP contribution in [0.3, 0.4) is 0 Å². The number of anilines is 1. The van der Waals surface area contributed by atoms with Crippen LogP contribution in [0.15, 0.2) is 62.4 Å². The van der Waals surface area contributed by atoms with Crippen molar-refractivity contribution in [3.8, 4) is 0 Å². The zero-order valence-electron chi connectivity index (χ0n) is 16.6. The summed E-state index contributed by atoms with van der Waals surface area (Å²) < 4.78 is 6.58. The van der Waals surface area contributed by atoms with Crippen LogP contribution in [-0.2, 0) is 0 Å². The standard InChI is InChI=1S/C23H22BrN3O3/c1-25-22(26-21-18-13-17(24)7-8-19(18)30-20(21)14-28)15-9-11-27(12-10-15)23(29)16-5-3-2-4-6-16/h2-8,13-15H,9-12H2,1H3,(H,25,26). The molecule has 1 aliphatic heterocycles. The fourth-order valence-electron chi connectivity index (χ4n) is 3.89. The second-order valence-corrected chi connectivity index (χ2v) is 8.18. The van der Waals surface area contributed by atoms with Crippen molar-refractivity contribution in [3.05, 3.63) is 64.3 Å². The van der Waals surface area contributed by atoms with Gasteiger partial charge in [0.05, 0.1) is 5.69 Å². The number of carbonyl (C=O) groups is 2. The van der Waals surface area contributed by atoms with Gasteiger partial charge >= 0.3 is 0 Å². The Hall–Kier alpha value is -2.93. The maximum atomic E-state index is 12.7. The van der Waals surface area contributed by atoms with Crippen molar-refractivity contribution in [3.63, 3.8) is 0 Å². The topological polar surface area (TPSA) is 74.9 Å². The molecule has 0 aliphatic carbocycles. The predicted octanol–water partition coefficient (Wildman–Crippen LogP) is 5.00. The summed E-state index contributed by atoms with van der Waals surface area (Å²) in [6.45, 7) is 1.33. The Balaban J connectivity index is 1.49. The molecular formula is C23H22BrN3O3. The van der Waals surface area contributed by atoms with Gasteiger partial charge in [-0.1, -0.05) is 34.1 Å². The molecule has 0 saturated carbocycles. The number of hydrogen-bond acceptors (Lipinski definition) is 4. The Kier molecular flexibility index (Phi) is 5.99. The lowest BCUT2D eigenvalue weighted by Gasteiger charge is -2.32. The zero-order valence-corrected chi connectivity index (χ0v) is 18.2. The summed E-state index contributed by atoms with van der Waals surface area (Å²) in [4.78, 5) is 30.6. The molecule has 1 aliphatic rings. The summed E-state index contributed by atoms with van der Waals surface area (Å²) in [7, 11) is 1.74. The van der Waals surface area contributed by atoms with Crippen LogP contribution in [0.2, 0.25) is 0 Å². The normalized spacial score (nSPS) is 15.4. The van der Waals surface area contributed by atoms with Crippen LogP contribution in [0, 0.1) is 5.92 Å². The number of aliphatic imine (C=N–C) groups is 1. The summed E-state index contributed by atoms with van der Waals surface area (Å²) in [6.07, 6.45) is 2.31. The van der Waals surface area contributed by atoms with E-state index in [1.807, 2.05) is 53.4 Å². The molecular weight excluding hydrogens is 446 g/mol. The molecule has 1 saturated heterocycles. The smallest absolute Gasteiger partial charge is 0.253 e. The fraction of sp³-hybridized carbons (Fsp3) is 0.261. The number of amidine groups is 1. The van der Waals surface area contributed by atoms with Crippen molar-refractivity contribution in [2.75, 3.05) is 25.5 Å². The largest absolute Gasteiger partial charge is 0.451 e. The maximum absolute atomic E-state index is 12.7. The number of furan rings is 1. The average Bonchev–Trinajstić information content (AvgIpc) is 3.14. The van der Waals surface area contributed by atoms with Crippen molar-refractivity contribution < 1.29 is 14.0 Å². The van der Waals surface area contributed by atoms with E-state index in [0.29, 0.717) is 36.2 Å². The first kappa shape index (κ1) is 20.3. The molecule has 7 heteroatoms. The van der Waals surface area contributed by atoms with Gasteiger partial charge in [-0.3, -0.25) is 14.6 Å². The summed E-state index contributed by atoms with van der Waals surface area (Å²) >= 11 is 3.47. The third-order valence-electron chi connectivity index (χ3n) is 5.47. The van der Waals surface area contributed by atoms with Crippen molar-refractivity contribution in [1.29, 1.82) is 0 Å². The minimum Gasteiger partial charge on any atom is -0.451 e. The predicted molar refractivity (Wildman–Crippen MR) is 121 cm³/mol. The van der Waals surface area contributed by atoms with Gasteiger partial charge in [0.1, 0.15) is 11.4 Å². The first-order valence-corrected chi connectivity index (χ1v) is 10.6. The third kappa shape index (κ3) is 4.03. The van der Waals surface area contributed by atoms with Gasteiger partial charge in [-0.05, 0) is 43.2 Å². The fourth-order valence-corrected chi connectivity index (χ4v) is 4.25. The first-order chi connectivity index (χ1) is 14.6. The van der Waals surface area contributed by atoms with Gasteiger partial charge in [-0.15, -0.1) is 0 Å². The van der Waals surface area contributed by atoms with E-state index in [1.54, 1.807) is 7.05 Å². The van der Waals surface area contributed by atoms with Crippen molar-refractivity contribution >= 4 is 50.6 Å². The van der Waals surface area contributed by atoms with E-state index < -0.39 is 0 Å². The Bertz CT molecular complexity index is 1100. The van der Waals surface area contributed by atoms with Crippen molar-refractivity contribution in [2.45, 2.75) is 12.8 Å². The number of benzene rings is 2. The number of aldehydes is 1. The number of nitrogens with one attached hydrogen (secondary N) is 1. The highest BCUT2D eigenvalue weighted by molar-refractivity contribution is 9.10. The SMILES string of the molecule is CN=C(Nc1c(C=O)oc2ccc(Br)cc12)C1CCN(C(=O)c2ccccc2)CC1. The van der Waals surface area contributed by atoms with E-state index in [0.717, 1.165) is 28.5 Å². The molecule has 6 nitrogen and oxygen atoms in total. The van der Waals surface area contributed by atoms with Gasteiger partial charge in [0, 0.05) is 41.5 Å². The number of hydrogen-bond donors (Lipinski definition) is 1. The van der Waals surface area contributed by atoms with E-state index in [2.05, 4.69) is 26.2 Å². The molecule has 2 aromatic carbocycles. The van der Waals surface area contributed by atoms with E-state index in [4.69, 9.17) is 4.42 Å². The van der Waals surface area contributed by atoms with Crippen LogP contribution in [0.1, 0.15) is 33.8 Å². The average molecular weight is 468 g/mol. The van der Waals surface area contributed by atoms with E-state index in [1.165, 1.54) is 0 Å². The molecule has 1 aromatic heterocycles. The number of piperidine rings is 1. The highest BCUT2D eigenvalue weighted by atomic mass is 79.9. The molecule has 4 rings (SSSR count). The Morgan fingerprint density at radius 2 is 1.93 bits per heavy atom. The quantitative estimate of drug-likeness (QED) is 0.332. The minimum absolute atomic E-state index is 0.0610. The highest BCUT2D eigenvalue weighted by Crippen LogP contribution is 2.33. The number of carbonyl (C=O) groups excluding carboxylic acids is 2. The van der Waals surface area contributed by atoms with Crippen LogP contribution in [-0.4, -0.2) is 43.1 Å². The Labute approximate surface area is 183 Å². The van der Waals surface area contributed by atoms with E-state index in [9.17, 15) is 9.59 Å². The first-order valence-electron chi connectivity index (χ1n) is 9.86. The second-order valence-electron chi connectivity index (χ2n) is 7.27. The molecule has 0 radical (unpaired) electrons. The lowest BCUT2D eigenvalue weighted by molar-refractivity contribution is 0.0710. The molecule has 154 valence electrons. The maximum Gasteiger partial charge on any atom is 0.253 e. The van der Waals surface area contributed by atoms with Crippen molar-refractivity contribution in [2.24, 2.45) is 10.9 Å². The third-order valence-corrected chi connectivity index (χ3v) is 5.96. The second kappa shape index (κ2) is 8.83. The molecule has 3 aromatic rings. The summed E-state index contributed by atoms with van der Waals surface area (Å²) in [5.41, 5.74) is 1.98. The van der Waals surface area contributed by atoms with Gasteiger partial charge in [-0.2, -0.15) is 0 Å². The monoisotopic (exact) mass is 467 g/mol. The number of fused-ring (bicyclic) bond motifs is 1. The van der Waals surface area contributed by atoms with Crippen LogP contribution in [0.4, 0.5) is 5.69 Å². The zero-order chi connectivity index (χ0) is 21.1. The van der Waals surface area contributed by atoms with Crippen LogP contribution >= 0.6 is 15.9 Å². The lowest BCUT2D eigenvalue weighted by Crippen LogP contribution is -2.41. The van der Waals surface area contributed by atoms with Gasteiger partial charge in [0.2, 0.25) is 0 Å². The van der Waals surface area contributed by atoms with Crippen LogP contribution in [0.25, 0.3) is 11.0 Å². The number of likely N-dealkylation sites (tertiary alicyclic amines) is 1. The van der Waals surface area contributed by atoms with E-state index in [-0.39, 0.29) is 17.6 Å². The Morgan fingerprint density at radius 3 is 2.60 bits per heavy atom. The van der Waals surface area contributed by atoms with Gasteiger partial charge in [-0.25, -0.2) is 0 Å². The molecule has 1 fully saturated rings. The van der Waals surface area contributed by atoms with E-state index >= 15 is 0 Å². The molecule has 0 atom stereocenters.